The third-order valence-corrected chi connectivity index (χ3v) is 3.93. The first-order valence-electron chi connectivity index (χ1n) is 7.81. The molecule has 0 spiro atoms. The number of aryl methyl sites for hydroxylation is 1. The average Bonchev–Trinajstić information content (AvgIpc) is 2.88. The second-order valence-corrected chi connectivity index (χ2v) is 7.24. The van der Waals surface area contributed by atoms with Gasteiger partial charge in [-0.2, -0.15) is 5.10 Å². The summed E-state index contributed by atoms with van der Waals surface area (Å²) >= 11 is 5.85. The van der Waals surface area contributed by atoms with E-state index in [0.717, 1.165) is 0 Å². The van der Waals surface area contributed by atoms with Gasteiger partial charge in [0.05, 0.1) is 11.1 Å². The van der Waals surface area contributed by atoms with Crippen LogP contribution in [0.25, 0.3) is 11.4 Å². The molecule has 1 atom stereocenters. The van der Waals surface area contributed by atoms with Crippen LogP contribution in [-0.2, 0) is 11.8 Å². The molecule has 0 aliphatic rings. The van der Waals surface area contributed by atoms with Crippen LogP contribution in [0.5, 0.6) is 0 Å². The Balaban J connectivity index is 2.40. The minimum Gasteiger partial charge on any atom is -0.444 e. The van der Waals surface area contributed by atoms with Gasteiger partial charge < -0.3 is 9.64 Å². The molecule has 25 heavy (non-hydrogen) atoms. The molecule has 0 aliphatic carbocycles. The van der Waals surface area contributed by atoms with Gasteiger partial charge in [-0.05, 0) is 33.8 Å². The topological polar surface area (TPSA) is 60.2 Å². The number of ether oxygens (including phenoxy) is 1. The second-order valence-electron chi connectivity index (χ2n) is 6.83. The van der Waals surface area contributed by atoms with Gasteiger partial charge in [0.25, 0.3) is 0 Å². The van der Waals surface area contributed by atoms with E-state index in [0.29, 0.717) is 11.3 Å². The summed E-state index contributed by atoms with van der Waals surface area (Å²) in [6.07, 6.45) is 2.67. The molecule has 2 heterocycles. The molecule has 2 aromatic heterocycles. The van der Waals surface area contributed by atoms with Gasteiger partial charge in [0.2, 0.25) is 0 Å². The van der Waals surface area contributed by atoms with Crippen molar-refractivity contribution in [2.75, 3.05) is 7.05 Å². The summed E-state index contributed by atoms with van der Waals surface area (Å²) in [5.74, 6) is -0.642. The van der Waals surface area contributed by atoms with Crippen LogP contribution in [0.15, 0.2) is 18.5 Å². The summed E-state index contributed by atoms with van der Waals surface area (Å²) in [7, 11) is 3.34. The predicted molar refractivity (Wildman–Crippen MR) is 93.8 cm³/mol. The largest absolute Gasteiger partial charge is 0.444 e. The summed E-state index contributed by atoms with van der Waals surface area (Å²) < 4.78 is 21.3. The summed E-state index contributed by atoms with van der Waals surface area (Å²) in [5, 5.41) is 4.26. The van der Waals surface area contributed by atoms with E-state index >= 15 is 0 Å². The van der Waals surface area contributed by atoms with Gasteiger partial charge in [-0.3, -0.25) is 9.67 Å². The molecule has 8 heteroatoms. The fourth-order valence-corrected chi connectivity index (χ4v) is 2.43. The molecule has 0 aromatic carbocycles. The van der Waals surface area contributed by atoms with Gasteiger partial charge in [0.1, 0.15) is 17.0 Å². The number of halogens is 2. The molecule has 0 radical (unpaired) electrons. The van der Waals surface area contributed by atoms with E-state index in [9.17, 15) is 9.18 Å². The minimum atomic E-state index is -0.642. The van der Waals surface area contributed by atoms with E-state index < -0.39 is 23.6 Å². The molecular formula is C17H22ClFN4O2. The number of pyridine rings is 1. The number of carbonyl (C=O) groups is 1. The lowest BCUT2D eigenvalue weighted by Gasteiger charge is -2.28. The van der Waals surface area contributed by atoms with Crippen molar-refractivity contribution >= 4 is 17.7 Å². The van der Waals surface area contributed by atoms with E-state index in [-0.39, 0.29) is 10.7 Å². The second kappa shape index (κ2) is 7.00. The van der Waals surface area contributed by atoms with E-state index in [1.165, 1.54) is 17.2 Å². The smallest absolute Gasteiger partial charge is 0.410 e. The van der Waals surface area contributed by atoms with E-state index in [1.54, 1.807) is 45.7 Å². The van der Waals surface area contributed by atoms with E-state index in [1.807, 2.05) is 6.92 Å². The number of amides is 1. The van der Waals surface area contributed by atoms with Crippen molar-refractivity contribution in [1.29, 1.82) is 0 Å². The molecule has 2 aromatic rings. The van der Waals surface area contributed by atoms with Crippen molar-refractivity contribution in [1.82, 2.24) is 19.7 Å². The Morgan fingerprint density at radius 2 is 2.04 bits per heavy atom. The Bertz CT molecular complexity index is 785. The minimum absolute atomic E-state index is 0.0326. The molecule has 0 N–H and O–H groups in total. The fourth-order valence-electron chi connectivity index (χ4n) is 2.28. The first kappa shape index (κ1) is 19.2. The van der Waals surface area contributed by atoms with Crippen molar-refractivity contribution in [2.45, 2.75) is 39.3 Å². The molecule has 0 saturated carbocycles. The van der Waals surface area contributed by atoms with E-state index in [4.69, 9.17) is 16.3 Å². The molecule has 136 valence electrons. The van der Waals surface area contributed by atoms with Crippen molar-refractivity contribution in [3.05, 3.63) is 34.9 Å². The highest BCUT2D eigenvalue weighted by Gasteiger charge is 2.28. The lowest BCUT2D eigenvalue weighted by Crippen LogP contribution is -2.35. The quantitative estimate of drug-likeness (QED) is 0.814. The highest BCUT2D eigenvalue weighted by Crippen LogP contribution is 2.32. The maximum Gasteiger partial charge on any atom is 0.410 e. The maximum atomic E-state index is 14.4. The number of carbonyl (C=O) groups excluding carboxylic acids is 1. The summed E-state index contributed by atoms with van der Waals surface area (Å²) in [6, 6.07) is 0.970. The van der Waals surface area contributed by atoms with Crippen LogP contribution in [0.3, 0.4) is 0 Å². The lowest BCUT2D eigenvalue weighted by molar-refractivity contribution is 0.0234. The molecule has 1 unspecified atom stereocenters. The molecule has 0 fully saturated rings. The van der Waals surface area contributed by atoms with Gasteiger partial charge in [0, 0.05) is 32.1 Å². The van der Waals surface area contributed by atoms with Crippen LogP contribution in [0.2, 0.25) is 5.02 Å². The zero-order valence-electron chi connectivity index (χ0n) is 15.2. The fraction of sp³-hybridized carbons (Fsp3) is 0.471. The number of rotatable bonds is 3. The Morgan fingerprint density at radius 3 is 2.64 bits per heavy atom. The molecule has 0 aliphatic heterocycles. The molecule has 0 saturated heterocycles. The molecule has 2 rings (SSSR count). The Kier molecular flexibility index (Phi) is 5.37. The first-order valence-corrected chi connectivity index (χ1v) is 8.18. The third-order valence-electron chi connectivity index (χ3n) is 3.64. The van der Waals surface area contributed by atoms with Crippen LogP contribution >= 0.6 is 11.6 Å². The van der Waals surface area contributed by atoms with Crippen LogP contribution in [0.1, 0.15) is 39.3 Å². The number of nitrogens with zero attached hydrogens (tertiary/aromatic N) is 4. The van der Waals surface area contributed by atoms with E-state index in [2.05, 4.69) is 10.1 Å². The van der Waals surface area contributed by atoms with Gasteiger partial charge in [-0.15, -0.1) is 0 Å². The average molecular weight is 369 g/mol. The number of hydrogen-bond acceptors (Lipinski definition) is 4. The first-order chi connectivity index (χ1) is 11.5. The van der Waals surface area contributed by atoms with Gasteiger partial charge >= 0.3 is 6.09 Å². The Hall–Kier alpha value is -2.15. The van der Waals surface area contributed by atoms with Crippen LogP contribution in [0, 0.1) is 5.82 Å². The van der Waals surface area contributed by atoms with Crippen LogP contribution < -0.4 is 0 Å². The zero-order chi connectivity index (χ0) is 18.9. The monoisotopic (exact) mass is 368 g/mol. The van der Waals surface area contributed by atoms with Crippen molar-refractivity contribution in [2.24, 2.45) is 7.05 Å². The SMILES string of the molecule is CC(c1cn(C)nc1-c1nccc(Cl)c1F)N(C)C(=O)OC(C)(C)C. The highest BCUT2D eigenvalue weighted by atomic mass is 35.5. The van der Waals surface area contributed by atoms with Crippen LogP contribution in [0.4, 0.5) is 9.18 Å². The molecule has 0 bridgehead atoms. The number of aromatic nitrogens is 3. The lowest BCUT2D eigenvalue weighted by atomic mass is 10.1. The van der Waals surface area contributed by atoms with Crippen molar-refractivity contribution in [3.8, 4) is 11.4 Å². The molecule has 1 amide bonds. The van der Waals surface area contributed by atoms with Gasteiger partial charge in [-0.1, -0.05) is 11.6 Å². The predicted octanol–water partition coefficient (Wildman–Crippen LogP) is 4.20. The summed E-state index contributed by atoms with van der Waals surface area (Å²) in [5.41, 5.74) is 0.422. The van der Waals surface area contributed by atoms with Gasteiger partial charge in [0.15, 0.2) is 5.82 Å². The van der Waals surface area contributed by atoms with Crippen molar-refractivity contribution < 1.29 is 13.9 Å². The number of hydrogen-bond donors (Lipinski definition) is 0. The summed E-state index contributed by atoms with van der Waals surface area (Å²) in [6.45, 7) is 7.20. The maximum absolute atomic E-state index is 14.4. The molecular weight excluding hydrogens is 347 g/mol. The van der Waals surface area contributed by atoms with Crippen molar-refractivity contribution in [3.63, 3.8) is 0 Å². The zero-order valence-corrected chi connectivity index (χ0v) is 15.9. The Labute approximate surface area is 151 Å². The normalized spacial score (nSPS) is 12.8. The summed E-state index contributed by atoms with van der Waals surface area (Å²) in [4.78, 5) is 17.8. The Morgan fingerprint density at radius 1 is 1.40 bits per heavy atom. The molecule has 6 nitrogen and oxygen atoms in total. The highest BCUT2D eigenvalue weighted by molar-refractivity contribution is 6.30. The standard InChI is InChI=1S/C17H22ClFN4O2/c1-10(23(6)16(24)25-17(2,3)4)11-9-22(5)21-14(11)15-13(19)12(18)7-8-20-15/h7-10H,1-6H3. The van der Waals surface area contributed by atoms with Gasteiger partial charge in [-0.25, -0.2) is 9.18 Å². The third kappa shape index (κ3) is 4.28. The van der Waals surface area contributed by atoms with Crippen LogP contribution in [-0.4, -0.2) is 38.4 Å².